The number of para-hydroxylation sites is 1. The Morgan fingerprint density at radius 1 is 0.963 bits per heavy atom. The van der Waals surface area contributed by atoms with E-state index in [1.54, 1.807) is 42.5 Å². The van der Waals surface area contributed by atoms with Crippen LogP contribution in [0.4, 0.5) is 5.69 Å². The zero-order chi connectivity index (χ0) is 18.8. The van der Waals surface area contributed by atoms with Gasteiger partial charge >= 0.3 is 0 Å². The van der Waals surface area contributed by atoms with Crippen LogP contribution in [-0.4, -0.2) is 61.6 Å². The largest absolute Gasteiger partial charge is 0.454 e. The monoisotopic (exact) mass is 367 g/mol. The van der Waals surface area contributed by atoms with Gasteiger partial charge in [-0.15, -0.1) is 0 Å². The lowest BCUT2D eigenvalue weighted by molar-refractivity contribution is 0.0665. The fraction of sp³-hybridized carbons (Fsp3) is 0.300. The number of carbonyl (C=O) groups is 2. The van der Waals surface area contributed by atoms with E-state index in [1.165, 1.54) is 0 Å². The van der Waals surface area contributed by atoms with Crippen molar-refractivity contribution in [2.24, 2.45) is 0 Å². The number of amides is 2. The number of fused-ring (bicyclic) bond motifs is 1. The van der Waals surface area contributed by atoms with Gasteiger partial charge in [-0.25, -0.2) is 0 Å². The average molecular weight is 367 g/mol. The quantitative estimate of drug-likeness (QED) is 0.899. The van der Waals surface area contributed by atoms with Gasteiger partial charge in [-0.2, -0.15) is 0 Å². The van der Waals surface area contributed by atoms with Crippen LogP contribution in [0.3, 0.4) is 0 Å². The molecule has 0 aliphatic carbocycles. The molecular weight excluding hydrogens is 346 g/mol. The Morgan fingerprint density at radius 2 is 1.70 bits per heavy atom. The lowest BCUT2D eigenvalue weighted by Crippen LogP contribution is -2.47. The smallest absolute Gasteiger partial charge is 0.256 e. The number of rotatable bonds is 3. The molecule has 0 radical (unpaired) electrons. The highest BCUT2D eigenvalue weighted by Gasteiger charge is 2.23. The molecule has 2 aromatic carbocycles. The van der Waals surface area contributed by atoms with Gasteiger partial charge in [0.05, 0.1) is 11.3 Å². The molecule has 7 nitrogen and oxygen atoms in total. The molecule has 0 aromatic heterocycles. The Labute approximate surface area is 157 Å². The number of carbonyl (C=O) groups excluding carboxylic acids is 2. The summed E-state index contributed by atoms with van der Waals surface area (Å²) in [5.41, 5.74) is 1.45. The van der Waals surface area contributed by atoms with Crippen molar-refractivity contribution in [2.75, 3.05) is 45.3 Å². The highest BCUT2D eigenvalue weighted by Crippen LogP contribution is 2.32. The van der Waals surface area contributed by atoms with Gasteiger partial charge in [-0.3, -0.25) is 9.59 Å². The van der Waals surface area contributed by atoms with Crippen molar-refractivity contribution < 1.29 is 19.1 Å². The van der Waals surface area contributed by atoms with E-state index in [-0.39, 0.29) is 18.6 Å². The molecule has 0 bridgehead atoms. The van der Waals surface area contributed by atoms with Crippen molar-refractivity contribution in [1.82, 2.24) is 9.80 Å². The van der Waals surface area contributed by atoms with Gasteiger partial charge in [-0.05, 0) is 37.4 Å². The van der Waals surface area contributed by atoms with Crippen LogP contribution in [0.2, 0.25) is 0 Å². The van der Waals surface area contributed by atoms with Crippen LogP contribution < -0.4 is 14.8 Å². The standard InChI is InChI=1S/C20H21N3O4/c1-22-8-10-23(11-9-22)20(25)15-4-2-3-5-16(15)21-19(24)14-6-7-17-18(12-14)27-13-26-17/h2-7,12H,8-11,13H2,1H3,(H,21,24). The van der Waals surface area contributed by atoms with Crippen LogP contribution in [0, 0.1) is 0 Å². The Hall–Kier alpha value is -3.06. The van der Waals surface area contributed by atoms with E-state index in [9.17, 15) is 9.59 Å². The first-order chi connectivity index (χ1) is 13.1. The number of ether oxygens (including phenoxy) is 2. The van der Waals surface area contributed by atoms with E-state index in [1.807, 2.05) is 11.9 Å². The Balaban J connectivity index is 1.52. The van der Waals surface area contributed by atoms with Gasteiger partial charge in [0.15, 0.2) is 11.5 Å². The molecule has 2 aliphatic heterocycles. The molecule has 0 unspecified atom stereocenters. The third-order valence-corrected chi connectivity index (χ3v) is 4.83. The van der Waals surface area contributed by atoms with Crippen molar-refractivity contribution in [3.63, 3.8) is 0 Å². The molecular formula is C20H21N3O4. The molecule has 2 aromatic rings. The van der Waals surface area contributed by atoms with Crippen LogP contribution >= 0.6 is 0 Å². The molecule has 7 heteroatoms. The first-order valence-electron chi connectivity index (χ1n) is 8.89. The fourth-order valence-electron chi connectivity index (χ4n) is 3.19. The minimum absolute atomic E-state index is 0.0651. The van der Waals surface area contributed by atoms with Crippen LogP contribution in [0.15, 0.2) is 42.5 Å². The molecule has 0 saturated carbocycles. The Bertz CT molecular complexity index is 875. The van der Waals surface area contributed by atoms with Gasteiger partial charge in [-0.1, -0.05) is 12.1 Å². The topological polar surface area (TPSA) is 71.1 Å². The molecule has 2 amide bonds. The van der Waals surface area contributed by atoms with Gasteiger partial charge in [0.25, 0.3) is 11.8 Å². The zero-order valence-corrected chi connectivity index (χ0v) is 15.1. The number of nitrogens with zero attached hydrogens (tertiary/aromatic N) is 2. The first kappa shape index (κ1) is 17.4. The summed E-state index contributed by atoms with van der Waals surface area (Å²) >= 11 is 0. The Morgan fingerprint density at radius 3 is 2.52 bits per heavy atom. The predicted octanol–water partition coefficient (Wildman–Crippen LogP) is 2.06. The average Bonchev–Trinajstić information content (AvgIpc) is 3.16. The van der Waals surface area contributed by atoms with E-state index in [0.717, 1.165) is 13.1 Å². The van der Waals surface area contributed by atoms with Gasteiger partial charge in [0, 0.05) is 31.7 Å². The van der Waals surface area contributed by atoms with Crippen molar-refractivity contribution in [2.45, 2.75) is 0 Å². The number of nitrogens with one attached hydrogen (secondary N) is 1. The maximum absolute atomic E-state index is 12.9. The number of hydrogen-bond acceptors (Lipinski definition) is 5. The second kappa shape index (κ2) is 7.28. The maximum atomic E-state index is 12.9. The van der Waals surface area contributed by atoms with Gasteiger partial charge in [0.1, 0.15) is 0 Å². The van der Waals surface area contributed by atoms with Gasteiger partial charge in [0.2, 0.25) is 6.79 Å². The molecule has 2 aliphatic rings. The van der Waals surface area contributed by atoms with Crippen LogP contribution in [-0.2, 0) is 0 Å². The summed E-state index contributed by atoms with van der Waals surface area (Å²) < 4.78 is 10.6. The predicted molar refractivity (Wildman–Crippen MR) is 100 cm³/mol. The summed E-state index contributed by atoms with van der Waals surface area (Å²) in [5, 5.41) is 2.85. The molecule has 1 saturated heterocycles. The minimum Gasteiger partial charge on any atom is -0.454 e. The summed E-state index contributed by atoms with van der Waals surface area (Å²) in [5.74, 6) is 0.804. The zero-order valence-electron chi connectivity index (χ0n) is 15.1. The molecule has 2 heterocycles. The fourth-order valence-corrected chi connectivity index (χ4v) is 3.19. The highest BCUT2D eigenvalue weighted by molar-refractivity contribution is 6.09. The number of hydrogen-bond donors (Lipinski definition) is 1. The first-order valence-corrected chi connectivity index (χ1v) is 8.89. The van der Waals surface area contributed by atoms with Crippen molar-refractivity contribution in [1.29, 1.82) is 0 Å². The van der Waals surface area contributed by atoms with Crippen molar-refractivity contribution in [3.05, 3.63) is 53.6 Å². The lowest BCUT2D eigenvalue weighted by atomic mass is 10.1. The minimum atomic E-state index is -0.299. The normalized spacial score (nSPS) is 16.3. The second-order valence-electron chi connectivity index (χ2n) is 6.66. The molecule has 27 heavy (non-hydrogen) atoms. The van der Waals surface area contributed by atoms with Crippen LogP contribution in [0.1, 0.15) is 20.7 Å². The summed E-state index contributed by atoms with van der Waals surface area (Å²) in [7, 11) is 2.04. The number of likely N-dealkylation sites (N-methyl/N-ethyl adjacent to an activating group) is 1. The van der Waals surface area contributed by atoms with E-state index in [4.69, 9.17) is 9.47 Å². The van der Waals surface area contributed by atoms with Gasteiger partial charge < -0.3 is 24.6 Å². The molecule has 1 fully saturated rings. The number of piperazine rings is 1. The van der Waals surface area contributed by atoms with Crippen LogP contribution in [0.5, 0.6) is 11.5 Å². The molecule has 4 rings (SSSR count). The summed E-state index contributed by atoms with van der Waals surface area (Å²) in [6.07, 6.45) is 0. The van der Waals surface area contributed by atoms with Crippen molar-refractivity contribution >= 4 is 17.5 Å². The van der Waals surface area contributed by atoms with E-state index < -0.39 is 0 Å². The van der Waals surface area contributed by atoms with E-state index in [2.05, 4.69) is 10.2 Å². The van der Waals surface area contributed by atoms with Crippen LogP contribution in [0.25, 0.3) is 0 Å². The second-order valence-corrected chi connectivity index (χ2v) is 6.66. The summed E-state index contributed by atoms with van der Waals surface area (Å²) in [6.45, 7) is 3.21. The number of benzene rings is 2. The molecule has 0 spiro atoms. The third-order valence-electron chi connectivity index (χ3n) is 4.83. The summed E-state index contributed by atoms with van der Waals surface area (Å²) in [4.78, 5) is 29.6. The molecule has 0 atom stereocenters. The van der Waals surface area contributed by atoms with E-state index in [0.29, 0.717) is 41.4 Å². The summed E-state index contributed by atoms with van der Waals surface area (Å²) in [6, 6.07) is 12.1. The molecule has 140 valence electrons. The highest BCUT2D eigenvalue weighted by atomic mass is 16.7. The third kappa shape index (κ3) is 3.59. The lowest BCUT2D eigenvalue weighted by Gasteiger charge is -2.32. The van der Waals surface area contributed by atoms with Crippen molar-refractivity contribution in [3.8, 4) is 11.5 Å². The maximum Gasteiger partial charge on any atom is 0.256 e. The SMILES string of the molecule is CN1CCN(C(=O)c2ccccc2NC(=O)c2ccc3c(c2)OCO3)CC1. The van der Waals surface area contributed by atoms with E-state index >= 15 is 0 Å². The molecule has 1 N–H and O–H groups in total. The Kier molecular flexibility index (Phi) is 4.68. The number of anilines is 1.